The highest BCUT2D eigenvalue weighted by atomic mass is 32.2. The molecule has 0 bridgehead atoms. The number of benzene rings is 1. The molecule has 2 nitrogen and oxygen atoms in total. The molecular weight excluding hydrogens is 204 g/mol. The minimum absolute atomic E-state index is 0.639. The van der Waals surface area contributed by atoms with E-state index in [0.717, 1.165) is 16.1 Å². The number of nitrogens with zero attached hydrogens (tertiary/aromatic N) is 2. The van der Waals surface area contributed by atoms with Gasteiger partial charge in [-0.2, -0.15) is 5.26 Å². The normalized spacial score (nSPS) is 10.2. The third kappa shape index (κ3) is 2.48. The van der Waals surface area contributed by atoms with Crippen molar-refractivity contribution in [3.05, 3.63) is 35.2 Å². The zero-order chi connectivity index (χ0) is 11.3. The first kappa shape index (κ1) is 11.5. The number of aliphatic imine (C=N–C) groups is 1. The molecule has 0 amide bonds. The van der Waals surface area contributed by atoms with Crippen LogP contribution >= 0.6 is 11.8 Å². The fraction of sp³-hybridized carbons (Fsp3) is 0.167. The summed E-state index contributed by atoms with van der Waals surface area (Å²) in [7, 11) is 0. The summed E-state index contributed by atoms with van der Waals surface area (Å²) >= 11 is 1.48. The molecule has 0 aliphatic heterocycles. The molecule has 0 spiro atoms. The largest absolute Gasteiger partial charge is 0.259 e. The molecule has 0 N–H and O–H groups in total. The summed E-state index contributed by atoms with van der Waals surface area (Å²) in [6, 6.07) is 6.08. The van der Waals surface area contributed by atoms with Gasteiger partial charge >= 0.3 is 0 Å². The highest BCUT2D eigenvalue weighted by molar-refractivity contribution is 8.02. The Morgan fingerprint density at radius 1 is 1.53 bits per heavy atom. The van der Waals surface area contributed by atoms with Crippen LogP contribution in [0.4, 0.5) is 5.69 Å². The van der Waals surface area contributed by atoms with E-state index < -0.39 is 0 Å². The molecular formula is C12H12N2S. The fourth-order valence-corrected chi connectivity index (χ4v) is 1.85. The Kier molecular flexibility index (Phi) is 4.14. The van der Waals surface area contributed by atoms with Crippen molar-refractivity contribution >= 4 is 23.7 Å². The van der Waals surface area contributed by atoms with Gasteiger partial charge in [-0.3, -0.25) is 4.99 Å². The Balaban J connectivity index is 3.42. The SMILES string of the molecule is C=CSc1ccc(C)c(C#N)c1/N=C/C. The molecule has 0 fully saturated rings. The Morgan fingerprint density at radius 3 is 2.80 bits per heavy atom. The summed E-state index contributed by atoms with van der Waals surface area (Å²) in [5, 5.41) is 10.8. The van der Waals surface area contributed by atoms with Crippen molar-refractivity contribution in [1.82, 2.24) is 0 Å². The van der Waals surface area contributed by atoms with Gasteiger partial charge < -0.3 is 0 Å². The number of thioether (sulfide) groups is 1. The van der Waals surface area contributed by atoms with Gasteiger partial charge in [0.25, 0.3) is 0 Å². The summed E-state index contributed by atoms with van der Waals surface area (Å²) in [5.41, 5.74) is 2.33. The highest BCUT2D eigenvalue weighted by Crippen LogP contribution is 2.34. The van der Waals surface area contributed by atoms with E-state index in [2.05, 4.69) is 17.6 Å². The minimum Gasteiger partial charge on any atom is -0.259 e. The van der Waals surface area contributed by atoms with Crippen LogP contribution in [0.2, 0.25) is 0 Å². The van der Waals surface area contributed by atoms with Crippen LogP contribution in [0.5, 0.6) is 0 Å². The van der Waals surface area contributed by atoms with Crippen molar-refractivity contribution < 1.29 is 0 Å². The van der Waals surface area contributed by atoms with Gasteiger partial charge in [0.2, 0.25) is 0 Å². The van der Waals surface area contributed by atoms with E-state index in [1.54, 1.807) is 11.6 Å². The van der Waals surface area contributed by atoms with Crippen molar-refractivity contribution in [2.24, 2.45) is 4.99 Å². The third-order valence-corrected chi connectivity index (χ3v) is 2.68. The first-order chi connectivity index (χ1) is 7.24. The van der Waals surface area contributed by atoms with Crippen LogP contribution in [0.15, 0.2) is 34.0 Å². The van der Waals surface area contributed by atoms with E-state index in [1.165, 1.54) is 11.8 Å². The van der Waals surface area contributed by atoms with Crippen LogP contribution in [0.1, 0.15) is 18.1 Å². The molecule has 0 saturated carbocycles. The average Bonchev–Trinajstić information content (AvgIpc) is 2.23. The summed E-state index contributed by atoms with van der Waals surface area (Å²) in [4.78, 5) is 5.20. The van der Waals surface area contributed by atoms with E-state index >= 15 is 0 Å². The topological polar surface area (TPSA) is 36.1 Å². The van der Waals surface area contributed by atoms with Gasteiger partial charge in [-0.1, -0.05) is 24.4 Å². The molecule has 0 aliphatic rings. The zero-order valence-corrected chi connectivity index (χ0v) is 9.64. The second-order valence-corrected chi connectivity index (χ2v) is 3.90. The summed E-state index contributed by atoms with van der Waals surface area (Å²) in [6.45, 7) is 7.41. The van der Waals surface area contributed by atoms with Crippen LogP contribution in [-0.4, -0.2) is 6.21 Å². The predicted molar refractivity (Wildman–Crippen MR) is 65.8 cm³/mol. The van der Waals surface area contributed by atoms with E-state index in [0.29, 0.717) is 5.56 Å². The van der Waals surface area contributed by atoms with Gasteiger partial charge in [0.1, 0.15) is 6.07 Å². The first-order valence-corrected chi connectivity index (χ1v) is 5.42. The number of hydrogen-bond acceptors (Lipinski definition) is 3. The molecule has 1 rings (SSSR count). The van der Waals surface area contributed by atoms with Crippen LogP contribution in [0.3, 0.4) is 0 Å². The molecule has 1 aromatic rings. The molecule has 0 radical (unpaired) electrons. The Bertz CT molecular complexity index is 442. The molecule has 76 valence electrons. The van der Waals surface area contributed by atoms with E-state index in [-0.39, 0.29) is 0 Å². The second kappa shape index (κ2) is 5.38. The maximum Gasteiger partial charge on any atom is 0.102 e. The molecule has 0 aliphatic carbocycles. The van der Waals surface area contributed by atoms with Crippen molar-refractivity contribution in [3.63, 3.8) is 0 Å². The van der Waals surface area contributed by atoms with Crippen molar-refractivity contribution in [2.45, 2.75) is 18.7 Å². The maximum atomic E-state index is 9.06. The predicted octanol–water partition coefficient (Wildman–Crippen LogP) is 3.82. The van der Waals surface area contributed by atoms with Crippen LogP contribution in [0.25, 0.3) is 0 Å². The lowest BCUT2D eigenvalue weighted by Crippen LogP contribution is -1.85. The molecule has 0 heterocycles. The third-order valence-electron chi connectivity index (χ3n) is 1.93. The first-order valence-electron chi connectivity index (χ1n) is 4.54. The Hall–Kier alpha value is -1.53. The van der Waals surface area contributed by atoms with Gasteiger partial charge in [0.15, 0.2) is 0 Å². The van der Waals surface area contributed by atoms with Gasteiger partial charge in [-0.05, 0) is 30.9 Å². The Morgan fingerprint density at radius 2 is 2.27 bits per heavy atom. The zero-order valence-electron chi connectivity index (χ0n) is 8.82. The molecule has 0 unspecified atom stereocenters. The van der Waals surface area contributed by atoms with E-state index in [9.17, 15) is 0 Å². The lowest BCUT2D eigenvalue weighted by Gasteiger charge is -2.06. The van der Waals surface area contributed by atoms with Crippen LogP contribution < -0.4 is 0 Å². The molecule has 1 aromatic carbocycles. The second-order valence-electron chi connectivity index (χ2n) is 2.89. The van der Waals surface area contributed by atoms with Gasteiger partial charge in [0, 0.05) is 11.1 Å². The standard InChI is InChI=1S/C12H12N2S/c1-4-14-12-10(8-13)9(3)6-7-11(12)15-5-2/h4-7H,2H2,1,3H3/b14-4+. The summed E-state index contributed by atoms with van der Waals surface area (Å²) < 4.78 is 0. The van der Waals surface area contributed by atoms with Crippen LogP contribution in [0, 0.1) is 18.3 Å². The van der Waals surface area contributed by atoms with Crippen molar-refractivity contribution in [3.8, 4) is 6.07 Å². The highest BCUT2D eigenvalue weighted by Gasteiger charge is 2.09. The number of nitriles is 1. The fourth-order valence-electron chi connectivity index (χ4n) is 1.26. The van der Waals surface area contributed by atoms with Crippen molar-refractivity contribution in [1.29, 1.82) is 5.26 Å². The maximum absolute atomic E-state index is 9.06. The summed E-state index contributed by atoms with van der Waals surface area (Å²) in [6.07, 6.45) is 1.70. The average molecular weight is 216 g/mol. The van der Waals surface area contributed by atoms with Crippen LogP contribution in [-0.2, 0) is 0 Å². The Labute approximate surface area is 94.3 Å². The van der Waals surface area contributed by atoms with Gasteiger partial charge in [-0.25, -0.2) is 0 Å². The number of hydrogen-bond donors (Lipinski definition) is 0. The minimum atomic E-state index is 0.639. The molecule has 0 aromatic heterocycles. The molecule has 0 atom stereocenters. The molecule has 3 heteroatoms. The lowest BCUT2D eigenvalue weighted by molar-refractivity contribution is 1.29. The monoisotopic (exact) mass is 216 g/mol. The summed E-state index contributed by atoms with van der Waals surface area (Å²) in [5.74, 6) is 0. The smallest absolute Gasteiger partial charge is 0.102 e. The van der Waals surface area contributed by atoms with Gasteiger partial charge in [0.05, 0.1) is 11.3 Å². The lowest BCUT2D eigenvalue weighted by atomic mass is 10.1. The van der Waals surface area contributed by atoms with Crippen molar-refractivity contribution in [2.75, 3.05) is 0 Å². The number of rotatable bonds is 3. The molecule has 15 heavy (non-hydrogen) atoms. The molecule has 0 saturated heterocycles. The van der Waals surface area contributed by atoms with Gasteiger partial charge in [-0.15, -0.1) is 0 Å². The van der Waals surface area contributed by atoms with E-state index in [1.807, 2.05) is 26.0 Å². The quantitative estimate of drug-likeness (QED) is 0.568. The van der Waals surface area contributed by atoms with E-state index in [4.69, 9.17) is 5.26 Å². The number of aryl methyl sites for hydroxylation is 1.